The van der Waals surface area contributed by atoms with Crippen molar-refractivity contribution in [2.75, 3.05) is 19.3 Å². The minimum absolute atomic E-state index is 0.362. The normalized spacial score (nSPS) is 12.5. The molecule has 80 valence electrons. The van der Waals surface area contributed by atoms with E-state index in [0.717, 1.165) is 5.75 Å². The number of rotatable bonds is 7. The van der Waals surface area contributed by atoms with Gasteiger partial charge in [-0.15, -0.1) is 0 Å². The lowest BCUT2D eigenvalue weighted by Gasteiger charge is -2.34. The highest BCUT2D eigenvalue weighted by molar-refractivity contribution is 7.80. The van der Waals surface area contributed by atoms with Gasteiger partial charge in [-0.05, 0) is 52.5 Å². The third-order valence-electron chi connectivity index (χ3n) is 3.05. The van der Waals surface area contributed by atoms with E-state index in [1.165, 1.54) is 32.2 Å². The molecule has 1 nitrogen and oxygen atoms in total. The second kappa shape index (κ2) is 6.72. The Morgan fingerprint density at radius 3 is 2.23 bits per heavy atom. The second-order valence-corrected chi connectivity index (χ2v) is 4.82. The lowest BCUT2D eigenvalue weighted by atomic mass is 9.99. The van der Waals surface area contributed by atoms with Crippen LogP contribution in [0.25, 0.3) is 0 Å². The van der Waals surface area contributed by atoms with Gasteiger partial charge in [0.05, 0.1) is 0 Å². The minimum Gasteiger partial charge on any atom is -0.301 e. The van der Waals surface area contributed by atoms with Crippen LogP contribution in [-0.4, -0.2) is 29.8 Å². The molecule has 0 unspecified atom stereocenters. The quantitative estimate of drug-likeness (QED) is 0.491. The minimum atomic E-state index is 0.362. The Morgan fingerprint density at radius 1 is 1.15 bits per heavy atom. The predicted octanol–water partition coefficient (Wildman–Crippen LogP) is 3.21. The lowest BCUT2D eigenvalue weighted by molar-refractivity contribution is 0.148. The van der Waals surface area contributed by atoms with Crippen molar-refractivity contribution >= 4 is 12.6 Å². The predicted molar refractivity (Wildman–Crippen MR) is 64.7 cm³/mol. The molecule has 0 bridgehead atoms. The fourth-order valence-corrected chi connectivity index (χ4v) is 1.43. The van der Waals surface area contributed by atoms with Gasteiger partial charge < -0.3 is 4.90 Å². The second-order valence-electron chi connectivity index (χ2n) is 4.37. The Hall–Kier alpha value is 0.310. The van der Waals surface area contributed by atoms with Gasteiger partial charge in [0.2, 0.25) is 0 Å². The molecular weight excluding hydrogens is 178 g/mol. The van der Waals surface area contributed by atoms with Crippen LogP contribution in [0.1, 0.15) is 46.5 Å². The molecule has 13 heavy (non-hydrogen) atoms. The summed E-state index contributed by atoms with van der Waals surface area (Å²) in [5.41, 5.74) is 0.362. The first kappa shape index (κ1) is 13.3. The van der Waals surface area contributed by atoms with Gasteiger partial charge in [0.1, 0.15) is 0 Å². The van der Waals surface area contributed by atoms with E-state index in [9.17, 15) is 0 Å². The van der Waals surface area contributed by atoms with Crippen LogP contribution in [-0.2, 0) is 0 Å². The van der Waals surface area contributed by atoms with Gasteiger partial charge in [0, 0.05) is 5.54 Å². The zero-order valence-electron chi connectivity index (χ0n) is 9.64. The van der Waals surface area contributed by atoms with E-state index in [1.807, 2.05) is 0 Å². The average Bonchev–Trinajstić information content (AvgIpc) is 2.12. The van der Waals surface area contributed by atoms with E-state index < -0.39 is 0 Å². The largest absolute Gasteiger partial charge is 0.301 e. The van der Waals surface area contributed by atoms with Crippen LogP contribution in [0.3, 0.4) is 0 Å². The van der Waals surface area contributed by atoms with Gasteiger partial charge in [0.15, 0.2) is 0 Å². The molecule has 0 fully saturated rings. The third kappa shape index (κ3) is 5.58. The summed E-state index contributed by atoms with van der Waals surface area (Å²) in [6.07, 6.45) is 5.09. The first-order valence-electron chi connectivity index (χ1n) is 5.36. The van der Waals surface area contributed by atoms with Crippen molar-refractivity contribution in [1.29, 1.82) is 0 Å². The molecule has 0 rings (SSSR count). The van der Waals surface area contributed by atoms with Gasteiger partial charge in [0.25, 0.3) is 0 Å². The molecule has 0 aromatic heterocycles. The monoisotopic (exact) mass is 203 g/mol. The third-order valence-corrected chi connectivity index (χ3v) is 3.37. The number of hydrogen-bond donors (Lipinski definition) is 1. The molecule has 0 saturated carbocycles. The van der Waals surface area contributed by atoms with Crippen LogP contribution < -0.4 is 0 Å². The summed E-state index contributed by atoms with van der Waals surface area (Å²) < 4.78 is 0. The summed E-state index contributed by atoms with van der Waals surface area (Å²) in [5, 5.41) is 0. The van der Waals surface area contributed by atoms with Gasteiger partial charge in [-0.3, -0.25) is 0 Å². The van der Waals surface area contributed by atoms with Crippen LogP contribution in [0.2, 0.25) is 0 Å². The molecule has 2 heteroatoms. The molecule has 0 aliphatic heterocycles. The Morgan fingerprint density at radius 2 is 1.77 bits per heavy atom. The molecule has 0 aromatic rings. The highest BCUT2D eigenvalue weighted by Crippen LogP contribution is 2.16. The molecule has 0 radical (unpaired) electrons. The maximum absolute atomic E-state index is 4.21. The van der Waals surface area contributed by atoms with Crippen molar-refractivity contribution in [3.8, 4) is 0 Å². The highest BCUT2D eigenvalue weighted by atomic mass is 32.1. The van der Waals surface area contributed by atoms with E-state index in [1.54, 1.807) is 0 Å². The summed E-state index contributed by atoms with van der Waals surface area (Å²) in [6.45, 7) is 8.09. The summed E-state index contributed by atoms with van der Waals surface area (Å²) >= 11 is 4.21. The summed E-state index contributed by atoms with van der Waals surface area (Å²) in [7, 11) is 2.23. The SMILES string of the molecule is CCC(C)(C)N(C)CCCCCS. The molecule has 0 aromatic carbocycles. The number of nitrogens with zero attached hydrogens (tertiary/aromatic N) is 1. The van der Waals surface area contributed by atoms with E-state index in [2.05, 4.69) is 45.3 Å². The van der Waals surface area contributed by atoms with Crippen molar-refractivity contribution in [1.82, 2.24) is 4.90 Å². The summed E-state index contributed by atoms with van der Waals surface area (Å²) in [4.78, 5) is 2.46. The van der Waals surface area contributed by atoms with Crippen molar-refractivity contribution < 1.29 is 0 Å². The lowest BCUT2D eigenvalue weighted by Crippen LogP contribution is -2.40. The fourth-order valence-electron chi connectivity index (χ4n) is 1.21. The van der Waals surface area contributed by atoms with Gasteiger partial charge in [-0.25, -0.2) is 0 Å². The maximum Gasteiger partial charge on any atom is 0.0147 e. The van der Waals surface area contributed by atoms with Crippen LogP contribution in [0, 0.1) is 0 Å². The molecule has 0 heterocycles. The van der Waals surface area contributed by atoms with Crippen molar-refractivity contribution in [2.45, 2.75) is 52.0 Å². The van der Waals surface area contributed by atoms with Crippen molar-refractivity contribution in [3.05, 3.63) is 0 Å². The molecule has 0 atom stereocenters. The molecule has 0 amide bonds. The number of thiol groups is 1. The smallest absolute Gasteiger partial charge is 0.0147 e. The van der Waals surface area contributed by atoms with Crippen LogP contribution >= 0.6 is 12.6 Å². The molecule has 0 N–H and O–H groups in total. The Labute approximate surface area is 89.3 Å². The van der Waals surface area contributed by atoms with E-state index in [4.69, 9.17) is 0 Å². The van der Waals surface area contributed by atoms with Gasteiger partial charge in [-0.2, -0.15) is 12.6 Å². The molecule has 0 spiro atoms. The molecule has 0 aliphatic rings. The zero-order valence-corrected chi connectivity index (χ0v) is 10.5. The van der Waals surface area contributed by atoms with E-state index >= 15 is 0 Å². The standard InChI is InChI=1S/C11H25NS/c1-5-11(2,3)12(4)9-7-6-8-10-13/h13H,5-10H2,1-4H3. The maximum atomic E-state index is 4.21. The number of unbranched alkanes of at least 4 members (excludes halogenated alkanes) is 2. The molecule has 0 aliphatic carbocycles. The van der Waals surface area contributed by atoms with Crippen LogP contribution in [0.15, 0.2) is 0 Å². The van der Waals surface area contributed by atoms with Gasteiger partial charge in [-0.1, -0.05) is 13.3 Å². The first-order valence-corrected chi connectivity index (χ1v) is 6.00. The van der Waals surface area contributed by atoms with E-state index in [-0.39, 0.29) is 0 Å². The van der Waals surface area contributed by atoms with Crippen molar-refractivity contribution in [3.63, 3.8) is 0 Å². The fraction of sp³-hybridized carbons (Fsp3) is 1.00. The summed E-state index contributed by atoms with van der Waals surface area (Å²) in [6, 6.07) is 0. The van der Waals surface area contributed by atoms with Gasteiger partial charge >= 0.3 is 0 Å². The summed E-state index contributed by atoms with van der Waals surface area (Å²) in [5.74, 6) is 1.03. The molecule has 0 saturated heterocycles. The van der Waals surface area contributed by atoms with E-state index in [0.29, 0.717) is 5.54 Å². The Balaban J connectivity index is 3.55. The highest BCUT2D eigenvalue weighted by Gasteiger charge is 2.19. The van der Waals surface area contributed by atoms with Crippen LogP contribution in [0.4, 0.5) is 0 Å². The average molecular weight is 203 g/mol. The topological polar surface area (TPSA) is 3.24 Å². The molecular formula is C11H25NS. The first-order chi connectivity index (χ1) is 6.04. The Kier molecular flexibility index (Phi) is 6.88. The Bertz CT molecular complexity index is 123. The van der Waals surface area contributed by atoms with Crippen molar-refractivity contribution in [2.24, 2.45) is 0 Å². The number of hydrogen-bond acceptors (Lipinski definition) is 2. The zero-order chi connectivity index (χ0) is 10.3. The van der Waals surface area contributed by atoms with Crippen LogP contribution in [0.5, 0.6) is 0 Å².